The lowest BCUT2D eigenvalue weighted by molar-refractivity contribution is -0.165. The molecule has 0 spiro atoms. The van der Waals surface area contributed by atoms with Crippen LogP contribution in [0.1, 0.15) is 13.8 Å². The maximum Gasteiger partial charge on any atom is 0.360 e. The Balaban J connectivity index is 1.68. The van der Waals surface area contributed by atoms with Gasteiger partial charge in [0.25, 0.3) is 17.4 Å². The first-order valence-corrected chi connectivity index (χ1v) is 9.24. The number of rotatable bonds is 7. The van der Waals surface area contributed by atoms with Crippen molar-refractivity contribution in [3.8, 4) is 17.2 Å². The number of carbonyl (C=O) groups excluding carboxylic acids is 3. The molecule has 1 atom stereocenters. The number of benzene rings is 2. The van der Waals surface area contributed by atoms with E-state index in [1.54, 1.807) is 43.3 Å². The number of hydrogen-bond acceptors (Lipinski definition) is 7. The molecular weight excluding hydrogens is 392 g/mol. The SMILES string of the molecule is CCOC(=O)C1(C)Oc2cc(NC(=O)COc3ccccc3OC)ccc2NC1=O. The van der Waals surface area contributed by atoms with E-state index >= 15 is 0 Å². The molecule has 1 aliphatic heterocycles. The molecule has 1 heterocycles. The molecule has 2 aromatic rings. The predicted molar refractivity (Wildman–Crippen MR) is 108 cm³/mol. The first-order valence-electron chi connectivity index (χ1n) is 9.24. The summed E-state index contributed by atoms with van der Waals surface area (Å²) < 4.78 is 21.2. The van der Waals surface area contributed by atoms with Gasteiger partial charge < -0.3 is 29.6 Å². The minimum atomic E-state index is -1.82. The molecule has 9 heteroatoms. The Labute approximate surface area is 173 Å². The van der Waals surface area contributed by atoms with Gasteiger partial charge in [0.2, 0.25) is 0 Å². The van der Waals surface area contributed by atoms with E-state index in [0.29, 0.717) is 22.9 Å². The summed E-state index contributed by atoms with van der Waals surface area (Å²) in [5.41, 5.74) is -1.03. The third-order valence-electron chi connectivity index (χ3n) is 4.35. The van der Waals surface area contributed by atoms with Gasteiger partial charge in [0.1, 0.15) is 5.75 Å². The van der Waals surface area contributed by atoms with E-state index < -0.39 is 23.4 Å². The molecule has 9 nitrogen and oxygen atoms in total. The Bertz CT molecular complexity index is 976. The molecule has 0 bridgehead atoms. The van der Waals surface area contributed by atoms with Crippen LogP contribution in [0.2, 0.25) is 0 Å². The van der Waals surface area contributed by atoms with Crippen LogP contribution in [-0.2, 0) is 19.1 Å². The van der Waals surface area contributed by atoms with E-state index in [9.17, 15) is 14.4 Å². The van der Waals surface area contributed by atoms with Gasteiger partial charge in [0, 0.05) is 11.8 Å². The van der Waals surface area contributed by atoms with Crippen LogP contribution >= 0.6 is 0 Å². The molecule has 158 valence electrons. The molecule has 0 radical (unpaired) electrons. The Morgan fingerprint density at radius 3 is 2.60 bits per heavy atom. The monoisotopic (exact) mass is 414 g/mol. The average Bonchev–Trinajstić information content (AvgIpc) is 2.73. The third-order valence-corrected chi connectivity index (χ3v) is 4.35. The molecular formula is C21H22N2O7. The van der Waals surface area contributed by atoms with E-state index in [-0.39, 0.29) is 19.0 Å². The van der Waals surface area contributed by atoms with Crippen molar-refractivity contribution in [1.82, 2.24) is 0 Å². The number of ether oxygens (including phenoxy) is 4. The van der Waals surface area contributed by atoms with Crippen molar-refractivity contribution < 1.29 is 33.3 Å². The minimum Gasteiger partial charge on any atom is -0.493 e. The molecule has 2 aromatic carbocycles. The van der Waals surface area contributed by atoms with E-state index in [0.717, 1.165) is 0 Å². The lowest BCUT2D eigenvalue weighted by Crippen LogP contribution is -2.55. The van der Waals surface area contributed by atoms with Gasteiger partial charge in [0.15, 0.2) is 18.1 Å². The highest BCUT2D eigenvalue weighted by Gasteiger charge is 2.48. The average molecular weight is 414 g/mol. The van der Waals surface area contributed by atoms with Crippen molar-refractivity contribution in [3.63, 3.8) is 0 Å². The fourth-order valence-corrected chi connectivity index (χ4v) is 2.78. The summed E-state index contributed by atoms with van der Waals surface area (Å²) in [4.78, 5) is 36.7. The van der Waals surface area contributed by atoms with Crippen LogP contribution in [0, 0.1) is 0 Å². The number of methoxy groups -OCH3 is 1. The largest absolute Gasteiger partial charge is 0.493 e. The molecule has 3 rings (SSSR count). The lowest BCUT2D eigenvalue weighted by atomic mass is 10.0. The van der Waals surface area contributed by atoms with Gasteiger partial charge in [-0.1, -0.05) is 12.1 Å². The van der Waals surface area contributed by atoms with E-state index in [1.807, 2.05) is 0 Å². The highest BCUT2D eigenvalue weighted by atomic mass is 16.6. The third kappa shape index (κ3) is 4.29. The number of carbonyl (C=O) groups is 3. The van der Waals surface area contributed by atoms with Crippen molar-refractivity contribution in [2.75, 3.05) is 31.0 Å². The van der Waals surface area contributed by atoms with Gasteiger partial charge >= 0.3 is 5.97 Å². The molecule has 1 aliphatic rings. The number of anilines is 2. The summed E-state index contributed by atoms with van der Waals surface area (Å²) in [6, 6.07) is 11.6. The van der Waals surface area contributed by atoms with Crippen molar-refractivity contribution in [3.05, 3.63) is 42.5 Å². The summed E-state index contributed by atoms with van der Waals surface area (Å²) in [6.07, 6.45) is 0. The predicted octanol–water partition coefficient (Wildman–Crippen LogP) is 2.37. The van der Waals surface area contributed by atoms with Crippen molar-refractivity contribution >= 4 is 29.2 Å². The van der Waals surface area contributed by atoms with Gasteiger partial charge in [-0.25, -0.2) is 4.79 Å². The minimum absolute atomic E-state index is 0.111. The first-order chi connectivity index (χ1) is 14.4. The zero-order chi connectivity index (χ0) is 21.7. The van der Waals surface area contributed by atoms with Crippen LogP contribution in [0.5, 0.6) is 17.2 Å². The summed E-state index contributed by atoms with van der Waals surface area (Å²) in [6.45, 7) is 2.84. The van der Waals surface area contributed by atoms with Crippen LogP contribution in [-0.4, -0.2) is 43.7 Å². The first kappa shape index (κ1) is 21.0. The highest BCUT2D eigenvalue weighted by Crippen LogP contribution is 2.36. The Morgan fingerprint density at radius 2 is 1.90 bits per heavy atom. The summed E-state index contributed by atoms with van der Waals surface area (Å²) in [5.74, 6) is -0.649. The van der Waals surface area contributed by atoms with Crippen molar-refractivity contribution in [2.45, 2.75) is 19.4 Å². The summed E-state index contributed by atoms with van der Waals surface area (Å²) >= 11 is 0. The van der Waals surface area contributed by atoms with E-state index in [1.165, 1.54) is 20.1 Å². The molecule has 30 heavy (non-hydrogen) atoms. The van der Waals surface area contributed by atoms with Crippen LogP contribution < -0.4 is 24.8 Å². The van der Waals surface area contributed by atoms with Crippen molar-refractivity contribution in [2.24, 2.45) is 0 Å². The highest BCUT2D eigenvalue weighted by molar-refractivity contribution is 6.14. The molecule has 0 aromatic heterocycles. The number of para-hydroxylation sites is 2. The molecule has 2 amide bonds. The number of fused-ring (bicyclic) bond motifs is 1. The fourth-order valence-electron chi connectivity index (χ4n) is 2.78. The van der Waals surface area contributed by atoms with Crippen molar-refractivity contribution in [1.29, 1.82) is 0 Å². The van der Waals surface area contributed by atoms with E-state index in [2.05, 4.69) is 10.6 Å². The normalized spacial score (nSPS) is 17.1. The topological polar surface area (TPSA) is 112 Å². The number of nitrogens with one attached hydrogen (secondary N) is 2. The second kappa shape index (κ2) is 8.73. The summed E-state index contributed by atoms with van der Waals surface area (Å²) in [7, 11) is 1.51. The molecule has 0 saturated carbocycles. The molecule has 2 N–H and O–H groups in total. The van der Waals surface area contributed by atoms with Crippen LogP contribution in [0.3, 0.4) is 0 Å². The van der Waals surface area contributed by atoms with Crippen LogP contribution in [0.4, 0.5) is 11.4 Å². The molecule has 1 unspecified atom stereocenters. The van der Waals surface area contributed by atoms with Gasteiger partial charge in [-0.15, -0.1) is 0 Å². The number of esters is 1. The maximum absolute atomic E-state index is 12.3. The standard InChI is InChI=1S/C21H22N2O7/c1-4-28-20(26)21(2)19(25)23-14-10-9-13(11-17(14)30-21)22-18(24)12-29-16-8-6-5-7-15(16)27-3/h5-11H,4,12H2,1-3H3,(H,22,24)(H,23,25). The van der Waals surface area contributed by atoms with Gasteiger partial charge in [-0.05, 0) is 38.1 Å². The summed E-state index contributed by atoms with van der Waals surface area (Å²) in [5, 5.41) is 5.29. The van der Waals surface area contributed by atoms with Crippen LogP contribution in [0.15, 0.2) is 42.5 Å². The Kier molecular flexibility index (Phi) is 6.10. The zero-order valence-corrected chi connectivity index (χ0v) is 16.8. The second-order valence-corrected chi connectivity index (χ2v) is 6.51. The number of amides is 2. The zero-order valence-electron chi connectivity index (χ0n) is 16.8. The Hall–Kier alpha value is -3.75. The molecule has 0 saturated heterocycles. The smallest absolute Gasteiger partial charge is 0.360 e. The Morgan fingerprint density at radius 1 is 1.17 bits per heavy atom. The second-order valence-electron chi connectivity index (χ2n) is 6.51. The molecule has 0 fully saturated rings. The molecule has 0 aliphatic carbocycles. The number of hydrogen-bond donors (Lipinski definition) is 2. The maximum atomic E-state index is 12.3. The quantitative estimate of drug-likeness (QED) is 0.528. The van der Waals surface area contributed by atoms with Gasteiger partial charge in [0.05, 0.1) is 19.4 Å². The lowest BCUT2D eigenvalue weighted by Gasteiger charge is -2.32. The fraction of sp³-hybridized carbons (Fsp3) is 0.286. The van der Waals surface area contributed by atoms with Crippen LogP contribution in [0.25, 0.3) is 0 Å². The van der Waals surface area contributed by atoms with E-state index in [4.69, 9.17) is 18.9 Å². The van der Waals surface area contributed by atoms with Gasteiger partial charge in [-0.2, -0.15) is 0 Å². The van der Waals surface area contributed by atoms with Gasteiger partial charge in [-0.3, -0.25) is 9.59 Å².